The van der Waals surface area contributed by atoms with Gasteiger partial charge in [-0.2, -0.15) is 0 Å². The molecule has 0 heterocycles. The molecule has 0 aromatic heterocycles. The smallest absolute Gasteiger partial charge is 2.00 e. The quantitative estimate of drug-likeness (QED) is 0.396. The molecule has 0 aliphatic rings. The first-order valence-electron chi connectivity index (χ1n) is 0. The summed E-state index contributed by atoms with van der Waals surface area (Å²) < 4.78 is 0. The van der Waals surface area contributed by atoms with Crippen LogP contribution in [0.4, 0.5) is 0 Å². The maximum absolute atomic E-state index is 0. The molecule has 0 spiro atoms. The van der Waals surface area contributed by atoms with Gasteiger partial charge in [0.2, 0.25) is 0 Å². The van der Waals surface area contributed by atoms with Crippen LogP contribution in [-0.4, -0.2) is 0 Å². The van der Waals surface area contributed by atoms with E-state index in [1.165, 1.54) is 0 Å². The van der Waals surface area contributed by atoms with Gasteiger partial charge in [0.1, 0.15) is 0 Å². The fraction of sp³-hybridized carbons (Fsp3) is 0. The van der Waals surface area contributed by atoms with Gasteiger partial charge < -0.3 is 21.9 Å². The summed E-state index contributed by atoms with van der Waals surface area (Å²) in [7, 11) is 0. The Bertz CT molecular complexity index is 7.51. The van der Waals surface area contributed by atoms with Crippen molar-refractivity contribution >= 4 is 0 Å². The molecule has 0 atom stereocenters. The summed E-state index contributed by atoms with van der Waals surface area (Å²) in [5, 5.41) is 0. The average molecular weight is 540 g/mol. The third-order valence-electron chi connectivity index (χ3n) is 0. The first kappa shape index (κ1) is 90.1. The van der Waals surface area contributed by atoms with Gasteiger partial charge in [-0.15, -0.1) is 0 Å². The van der Waals surface area contributed by atoms with Crippen LogP contribution in [0.3, 0.4) is 0 Å². The maximum Gasteiger partial charge on any atom is 4.00 e. The van der Waals surface area contributed by atoms with Crippen molar-refractivity contribution in [3.63, 3.8) is 0 Å². The van der Waals surface area contributed by atoms with Crippen LogP contribution in [-0.2, 0) is 21.9 Å². The van der Waals surface area contributed by atoms with Gasteiger partial charge in [0.25, 0.3) is 0 Å². The van der Waals surface area contributed by atoms with Gasteiger partial charge in [0.15, 0.2) is 0 Å². The molecule has 0 saturated carbocycles. The first-order valence-corrected chi connectivity index (χ1v) is 0. The van der Waals surface area contributed by atoms with Crippen LogP contribution in [0.1, 0.15) is 0 Å². The average Bonchev–Trinajstić information content (AvgIpc) is 0. The largest absolute Gasteiger partial charge is 4.00 e. The maximum atomic E-state index is 0. The van der Waals surface area contributed by atoms with E-state index in [0.717, 1.165) is 0 Å². The molecule has 0 aromatic rings. The van der Waals surface area contributed by atoms with Crippen LogP contribution < -0.4 is 0 Å². The van der Waals surface area contributed by atoms with Crippen LogP contribution >= 0.6 is 0 Å². The third-order valence-corrected chi connectivity index (χ3v) is 0. The predicted octanol–water partition coefficient (Wildman–Crippen LogP) is -0.475. The number of hydrogen-bond donors (Lipinski definition) is 0. The van der Waals surface area contributed by atoms with E-state index in [-0.39, 0.29) is 91.0 Å². The van der Waals surface area contributed by atoms with Gasteiger partial charge in [0, 0.05) is 29.2 Å². The molecule has 0 N–H and O–H groups in total. The molecule has 0 amide bonds. The zero-order valence-electron chi connectivity index (χ0n) is 2.54. The van der Waals surface area contributed by atoms with Crippen molar-refractivity contribution in [3.8, 4) is 0 Å². The van der Waals surface area contributed by atoms with E-state index in [0.29, 0.717) is 0 Å². The van der Waals surface area contributed by atoms with E-state index in [4.69, 9.17) is 0 Å². The second-order valence-corrected chi connectivity index (χ2v) is 0. The summed E-state index contributed by atoms with van der Waals surface area (Å²) in [4.78, 5) is 0. The Kier molecular flexibility index (Phi) is 877. The molecule has 0 radical (unpaired) electrons. The molecule has 0 aliphatic carbocycles. The van der Waals surface area contributed by atoms with Crippen LogP contribution in [0, 0.1) is 69.1 Å². The summed E-state index contributed by atoms with van der Waals surface area (Å²) >= 11 is 0. The van der Waals surface area contributed by atoms with E-state index in [1.807, 2.05) is 0 Å². The summed E-state index contributed by atoms with van der Waals surface area (Å²) in [6, 6.07) is 0. The summed E-state index contributed by atoms with van der Waals surface area (Å²) in [5.74, 6) is 0. The van der Waals surface area contributed by atoms with Gasteiger partial charge in [-0.3, -0.25) is 0 Å². The molecular formula is O4PuTh-4. The summed E-state index contributed by atoms with van der Waals surface area (Å²) in [5.41, 5.74) is 0. The molecule has 0 bridgehead atoms. The first-order chi connectivity index (χ1) is 0. The molecule has 6 heavy (non-hydrogen) atoms. The number of hydrogen-bond acceptors (Lipinski definition) is 0. The molecule has 0 aromatic carbocycles. The van der Waals surface area contributed by atoms with Crippen molar-refractivity contribution in [1.82, 2.24) is 0 Å². The topological polar surface area (TPSA) is 114 Å². The van der Waals surface area contributed by atoms with E-state index in [1.54, 1.807) is 0 Å². The monoisotopic (exact) mass is 534 g/mol. The van der Waals surface area contributed by atoms with E-state index in [9.17, 15) is 0 Å². The molecule has 0 rings (SSSR count). The predicted molar refractivity (Wildman–Crippen MR) is 2.75 cm³/mol. The van der Waals surface area contributed by atoms with E-state index < -0.39 is 0 Å². The molecule has 6 heteroatoms. The third kappa shape index (κ3) is 35.3. The fourth-order valence-corrected chi connectivity index (χ4v) is 0. The normalized spacial score (nSPS) is 0. The van der Waals surface area contributed by atoms with Crippen LogP contribution in [0.25, 0.3) is 0 Å². The van der Waals surface area contributed by atoms with Crippen LogP contribution in [0.5, 0.6) is 0 Å². The fourth-order valence-electron chi connectivity index (χ4n) is 0. The molecule has 0 fully saturated rings. The zero-order chi connectivity index (χ0) is 0. The van der Waals surface area contributed by atoms with Gasteiger partial charge in [-0.1, -0.05) is 0 Å². The van der Waals surface area contributed by atoms with Gasteiger partial charge in [0.05, 0.1) is 0 Å². The Hall–Kier alpha value is 2.15. The van der Waals surface area contributed by atoms with Crippen molar-refractivity contribution in [2.75, 3.05) is 0 Å². The van der Waals surface area contributed by atoms with Crippen molar-refractivity contribution in [3.05, 3.63) is 0 Å². The molecular weight excluding hydrogens is 540 g/mol. The molecule has 38 valence electrons. The minimum absolute atomic E-state index is 0. The van der Waals surface area contributed by atoms with E-state index in [2.05, 4.69) is 0 Å². The standard InChI is InChI=1S/4O.Pu.Th/q4*-2;;+4. The molecule has 0 unspecified atom stereocenters. The molecule has 4 nitrogen and oxygen atoms in total. The van der Waals surface area contributed by atoms with Crippen molar-refractivity contribution in [2.45, 2.75) is 0 Å². The minimum Gasteiger partial charge on any atom is -2.00 e. The van der Waals surface area contributed by atoms with Crippen LogP contribution in [0.15, 0.2) is 0 Å². The van der Waals surface area contributed by atoms with E-state index >= 15 is 0 Å². The second kappa shape index (κ2) is 58.5. The zero-order valence-corrected chi connectivity index (χ0v) is 10.1. The molecule has 0 aliphatic heterocycles. The Labute approximate surface area is 89.5 Å². The number of rotatable bonds is 0. The van der Waals surface area contributed by atoms with Gasteiger partial charge >= 0.3 is 39.9 Å². The molecule has 0 saturated heterocycles. The Morgan fingerprint density at radius 3 is 0.500 bits per heavy atom. The summed E-state index contributed by atoms with van der Waals surface area (Å²) in [6.07, 6.45) is 0. The van der Waals surface area contributed by atoms with Crippen molar-refractivity contribution < 1.29 is 91.0 Å². The summed E-state index contributed by atoms with van der Waals surface area (Å²) in [6.45, 7) is 0. The SMILES string of the molecule is [O-2].[O-2].[O-2].[O-2].[Pu].[Th+4]. The van der Waals surface area contributed by atoms with Gasteiger partial charge in [-0.05, 0) is 0 Å². The Morgan fingerprint density at radius 2 is 0.500 bits per heavy atom. The van der Waals surface area contributed by atoms with Crippen molar-refractivity contribution in [2.24, 2.45) is 0 Å². The Balaban J connectivity index is 0. The minimum atomic E-state index is 0. The van der Waals surface area contributed by atoms with Gasteiger partial charge in [-0.25, -0.2) is 0 Å². The Morgan fingerprint density at radius 1 is 0.500 bits per heavy atom. The second-order valence-electron chi connectivity index (χ2n) is 0. The van der Waals surface area contributed by atoms with Crippen molar-refractivity contribution in [1.29, 1.82) is 0 Å². The van der Waals surface area contributed by atoms with Crippen LogP contribution in [0.2, 0.25) is 0 Å².